The molecule has 0 saturated carbocycles. The zero-order chi connectivity index (χ0) is 45.8. The van der Waals surface area contributed by atoms with E-state index in [1.54, 1.807) is 0 Å². The summed E-state index contributed by atoms with van der Waals surface area (Å²) in [6.07, 6.45) is 4.69. The van der Waals surface area contributed by atoms with Gasteiger partial charge < -0.3 is 0 Å². The van der Waals surface area contributed by atoms with Crippen LogP contribution in [0.15, 0.2) is 255 Å². The number of rotatable bonds is 10. The maximum atomic E-state index is 2.36. The lowest BCUT2D eigenvalue weighted by atomic mass is 9.89. The fourth-order valence-electron chi connectivity index (χ4n) is 9.95. The summed E-state index contributed by atoms with van der Waals surface area (Å²) < 4.78 is 0. The van der Waals surface area contributed by atoms with Gasteiger partial charge >= 0.3 is 0 Å². The quantitative estimate of drug-likeness (QED) is 0.120. The lowest BCUT2D eigenvalue weighted by Crippen LogP contribution is -1.92. The lowest BCUT2D eigenvalue weighted by molar-refractivity contribution is 1.39. The van der Waals surface area contributed by atoms with Crippen molar-refractivity contribution >= 4 is 44.8 Å². The van der Waals surface area contributed by atoms with Gasteiger partial charge in [-0.2, -0.15) is 0 Å². The smallest absolute Gasteiger partial charge is 0.00994 e. The van der Waals surface area contributed by atoms with Crippen molar-refractivity contribution in [1.29, 1.82) is 0 Å². The summed E-state index contributed by atoms with van der Waals surface area (Å²) in [4.78, 5) is 0. The van der Waals surface area contributed by atoms with Gasteiger partial charge in [0.2, 0.25) is 0 Å². The summed E-state index contributed by atoms with van der Waals surface area (Å²) in [5, 5.41) is 4.97. The Balaban J connectivity index is 0.870. The first-order chi connectivity index (χ1) is 33.6. The van der Waals surface area contributed by atoms with Gasteiger partial charge in [-0.15, -0.1) is 0 Å². The molecule has 0 bridgehead atoms. The SMILES string of the molecule is Cc1cc(-c2ccc(-c3ccc(C=C(c4ccccc4)c4ccccc4)c4ccccc34)cc2)c(C)cc1-c1ccc(-c2ccc(C=C(c3ccccc3)c3ccccc3)c3ccccc23)cc1. The topological polar surface area (TPSA) is 0 Å². The Bertz CT molecular complexity index is 3290. The number of hydrogen-bond donors (Lipinski definition) is 0. The second-order valence-electron chi connectivity index (χ2n) is 17.7. The van der Waals surface area contributed by atoms with Crippen LogP contribution >= 0.6 is 0 Å². The van der Waals surface area contributed by atoms with Crippen LogP contribution in [0.5, 0.6) is 0 Å². The molecule has 11 aromatic rings. The van der Waals surface area contributed by atoms with Crippen molar-refractivity contribution in [2.24, 2.45) is 0 Å². The summed E-state index contributed by atoms with van der Waals surface area (Å²) in [6, 6.07) is 92.5. The maximum Gasteiger partial charge on any atom is -0.00994 e. The number of fused-ring (bicyclic) bond motifs is 2. The average molecular weight is 867 g/mol. The van der Waals surface area contributed by atoms with Gasteiger partial charge in [0.15, 0.2) is 0 Å². The van der Waals surface area contributed by atoms with E-state index in [-0.39, 0.29) is 0 Å². The normalized spacial score (nSPS) is 11.1. The maximum absolute atomic E-state index is 2.36. The molecule has 0 atom stereocenters. The molecule has 0 spiro atoms. The standard InChI is InChI=1S/C68H50/c1-47-43-66(56-37-33-54(34-38-56)62-42-40-58(60-28-16-18-30-64(60)62)46-68(51-23-11-5-12-24-51)52-25-13-6-14-26-52)48(2)44-65(47)55-35-31-53(32-36-55)61-41-39-57(59-27-15-17-29-63(59)61)45-67(49-19-7-3-8-20-49)50-21-9-4-10-22-50/h3-46H,1-2H3. The zero-order valence-electron chi connectivity index (χ0n) is 38.4. The molecule has 0 fully saturated rings. The second-order valence-corrected chi connectivity index (χ2v) is 17.7. The van der Waals surface area contributed by atoms with Crippen LogP contribution in [0.1, 0.15) is 44.5 Å². The van der Waals surface area contributed by atoms with Crippen LogP contribution in [0.4, 0.5) is 0 Å². The summed E-state index contributed by atoms with van der Waals surface area (Å²) in [7, 11) is 0. The number of benzene rings is 11. The molecule has 0 amide bonds. The molecule has 0 aliphatic heterocycles. The van der Waals surface area contributed by atoms with Crippen molar-refractivity contribution < 1.29 is 0 Å². The Morgan fingerprint density at radius 1 is 0.250 bits per heavy atom. The van der Waals surface area contributed by atoms with E-state index in [4.69, 9.17) is 0 Å². The van der Waals surface area contributed by atoms with E-state index in [2.05, 4.69) is 281 Å². The first kappa shape index (κ1) is 42.1. The van der Waals surface area contributed by atoms with E-state index >= 15 is 0 Å². The molecule has 0 radical (unpaired) electrons. The third-order valence-corrected chi connectivity index (χ3v) is 13.4. The molecule has 68 heavy (non-hydrogen) atoms. The van der Waals surface area contributed by atoms with Gasteiger partial charge in [0, 0.05) is 0 Å². The Hall–Kier alpha value is -8.58. The van der Waals surface area contributed by atoms with Crippen LogP contribution in [0.3, 0.4) is 0 Å². The van der Waals surface area contributed by atoms with Crippen LogP contribution in [0.2, 0.25) is 0 Å². The molecular formula is C68H50. The molecule has 11 aromatic carbocycles. The highest BCUT2D eigenvalue weighted by molar-refractivity contribution is 6.06. The molecule has 322 valence electrons. The van der Waals surface area contributed by atoms with Gasteiger partial charge in [0.25, 0.3) is 0 Å². The largest absolute Gasteiger partial charge is 0.0622 e. The Kier molecular flexibility index (Phi) is 11.6. The third kappa shape index (κ3) is 8.41. The highest BCUT2D eigenvalue weighted by Gasteiger charge is 2.15. The molecule has 0 saturated heterocycles. The number of aryl methyl sites for hydroxylation is 2. The van der Waals surface area contributed by atoms with Gasteiger partial charge in [-0.3, -0.25) is 0 Å². The molecule has 0 heterocycles. The molecule has 11 rings (SSSR count). The van der Waals surface area contributed by atoms with Gasteiger partial charge in [-0.1, -0.05) is 255 Å². The summed E-state index contributed by atoms with van der Waals surface area (Å²) >= 11 is 0. The van der Waals surface area contributed by atoms with Crippen molar-refractivity contribution in [1.82, 2.24) is 0 Å². The molecule has 0 aliphatic carbocycles. The lowest BCUT2D eigenvalue weighted by Gasteiger charge is -2.15. The third-order valence-electron chi connectivity index (χ3n) is 13.4. The van der Waals surface area contributed by atoms with E-state index in [0.717, 1.165) is 0 Å². The van der Waals surface area contributed by atoms with E-state index in [1.165, 1.54) is 122 Å². The van der Waals surface area contributed by atoms with Crippen LogP contribution in [0, 0.1) is 13.8 Å². The van der Waals surface area contributed by atoms with Crippen LogP contribution in [0.25, 0.3) is 89.4 Å². The molecule has 0 nitrogen and oxygen atoms in total. The van der Waals surface area contributed by atoms with Crippen molar-refractivity contribution in [3.05, 3.63) is 299 Å². The molecule has 0 N–H and O–H groups in total. The summed E-state index contributed by atoms with van der Waals surface area (Å²) in [6.45, 7) is 4.48. The second kappa shape index (κ2) is 18.7. The van der Waals surface area contributed by atoms with Gasteiger partial charge in [-0.05, 0) is 148 Å². The monoisotopic (exact) mass is 866 g/mol. The highest BCUT2D eigenvalue weighted by Crippen LogP contribution is 2.39. The van der Waals surface area contributed by atoms with E-state index in [1.807, 2.05) is 0 Å². The van der Waals surface area contributed by atoms with Crippen molar-refractivity contribution in [2.75, 3.05) is 0 Å². The Labute approximate surface area is 400 Å². The van der Waals surface area contributed by atoms with Crippen molar-refractivity contribution in [3.63, 3.8) is 0 Å². The minimum Gasteiger partial charge on any atom is -0.0622 e. The fraction of sp³-hybridized carbons (Fsp3) is 0.0294. The van der Waals surface area contributed by atoms with Gasteiger partial charge in [0.1, 0.15) is 0 Å². The first-order valence-corrected chi connectivity index (χ1v) is 23.6. The van der Waals surface area contributed by atoms with Gasteiger partial charge in [0.05, 0.1) is 0 Å². The minimum absolute atomic E-state index is 1.20. The van der Waals surface area contributed by atoms with Gasteiger partial charge in [-0.25, -0.2) is 0 Å². The van der Waals surface area contributed by atoms with Crippen LogP contribution in [-0.2, 0) is 0 Å². The Morgan fingerprint density at radius 3 is 0.824 bits per heavy atom. The Morgan fingerprint density at radius 2 is 0.515 bits per heavy atom. The minimum atomic E-state index is 1.20. The fourth-order valence-corrected chi connectivity index (χ4v) is 9.95. The van der Waals surface area contributed by atoms with Crippen LogP contribution in [-0.4, -0.2) is 0 Å². The summed E-state index contributed by atoms with van der Waals surface area (Å²) in [5.41, 5.74) is 22.0. The molecule has 0 heteroatoms. The summed E-state index contributed by atoms with van der Waals surface area (Å²) in [5.74, 6) is 0. The first-order valence-electron chi connectivity index (χ1n) is 23.6. The zero-order valence-corrected chi connectivity index (χ0v) is 38.4. The van der Waals surface area contributed by atoms with Crippen molar-refractivity contribution in [3.8, 4) is 44.5 Å². The molecule has 0 unspecified atom stereocenters. The molecule has 0 aliphatic rings. The highest BCUT2D eigenvalue weighted by atomic mass is 14.2. The number of hydrogen-bond acceptors (Lipinski definition) is 0. The predicted octanol–water partition coefficient (Wildman–Crippen LogP) is 18.5. The van der Waals surface area contributed by atoms with E-state index in [0.29, 0.717) is 0 Å². The van der Waals surface area contributed by atoms with E-state index < -0.39 is 0 Å². The predicted molar refractivity (Wildman–Crippen MR) is 292 cm³/mol. The van der Waals surface area contributed by atoms with Crippen LogP contribution < -0.4 is 0 Å². The molecule has 0 aromatic heterocycles. The van der Waals surface area contributed by atoms with Crippen molar-refractivity contribution in [2.45, 2.75) is 13.8 Å². The van der Waals surface area contributed by atoms with E-state index in [9.17, 15) is 0 Å². The average Bonchev–Trinajstić information content (AvgIpc) is 3.41. The molecular weight excluding hydrogens is 817 g/mol.